The maximum Gasteiger partial charge on any atom is 0.233 e. The van der Waals surface area contributed by atoms with Gasteiger partial charge in [-0.25, -0.2) is 0 Å². The maximum absolute atomic E-state index is 12.0. The number of hydrogen-bond donors (Lipinski definition) is 2. The van der Waals surface area contributed by atoms with Gasteiger partial charge in [-0.05, 0) is 62.4 Å². The van der Waals surface area contributed by atoms with Crippen LogP contribution in [0.25, 0.3) is 0 Å². The van der Waals surface area contributed by atoms with Gasteiger partial charge in [0.15, 0.2) is 0 Å². The monoisotopic (exact) mass is 342 g/mol. The van der Waals surface area contributed by atoms with Crippen LogP contribution in [-0.2, 0) is 9.59 Å². The summed E-state index contributed by atoms with van der Waals surface area (Å²) in [4.78, 5) is 23.9. The Bertz CT molecular complexity index is 709. The van der Waals surface area contributed by atoms with Crippen LogP contribution in [0.15, 0.2) is 48.5 Å². The molecule has 2 amide bonds. The van der Waals surface area contributed by atoms with E-state index in [0.717, 1.165) is 5.75 Å². The van der Waals surface area contributed by atoms with E-state index in [1.807, 2.05) is 13.8 Å². The minimum absolute atomic E-state index is 0.0853. The first-order chi connectivity index (χ1) is 12.0. The predicted octanol–water partition coefficient (Wildman–Crippen LogP) is 3.45. The molecule has 2 aromatic rings. The molecule has 132 valence electrons. The van der Waals surface area contributed by atoms with Crippen LogP contribution in [0.2, 0.25) is 0 Å². The van der Waals surface area contributed by atoms with Crippen molar-refractivity contribution in [3.05, 3.63) is 48.5 Å². The van der Waals surface area contributed by atoms with E-state index in [0.29, 0.717) is 17.1 Å². The van der Waals surface area contributed by atoms with Gasteiger partial charge in [-0.15, -0.1) is 0 Å². The van der Waals surface area contributed by atoms with Gasteiger partial charge in [0.2, 0.25) is 11.8 Å². The van der Waals surface area contributed by atoms with Gasteiger partial charge < -0.3 is 20.1 Å². The van der Waals surface area contributed by atoms with Crippen LogP contribution in [0, 0.1) is 0 Å². The molecule has 0 spiro atoms. The van der Waals surface area contributed by atoms with Crippen LogP contribution in [0.5, 0.6) is 11.5 Å². The minimum Gasteiger partial charge on any atom is -0.497 e. The molecule has 0 aliphatic heterocycles. The van der Waals surface area contributed by atoms with Crippen molar-refractivity contribution in [3.63, 3.8) is 0 Å². The zero-order valence-electron chi connectivity index (χ0n) is 14.5. The third-order valence-electron chi connectivity index (χ3n) is 3.20. The molecule has 0 aliphatic carbocycles. The molecule has 6 heteroatoms. The topological polar surface area (TPSA) is 76.7 Å². The second kappa shape index (κ2) is 8.73. The molecular formula is C19H22N2O4. The molecule has 0 saturated carbocycles. The van der Waals surface area contributed by atoms with Crippen molar-refractivity contribution < 1.29 is 19.1 Å². The lowest BCUT2D eigenvalue weighted by molar-refractivity contribution is -0.123. The van der Waals surface area contributed by atoms with Gasteiger partial charge in [0.05, 0.1) is 13.2 Å². The number of carbonyl (C=O) groups excluding carboxylic acids is 2. The summed E-state index contributed by atoms with van der Waals surface area (Å²) in [6.45, 7) is 3.88. The smallest absolute Gasteiger partial charge is 0.233 e. The molecule has 2 aromatic carbocycles. The Morgan fingerprint density at radius 2 is 1.28 bits per heavy atom. The average molecular weight is 342 g/mol. The molecule has 0 radical (unpaired) electrons. The van der Waals surface area contributed by atoms with Crippen molar-refractivity contribution >= 4 is 23.2 Å². The lowest BCUT2D eigenvalue weighted by Crippen LogP contribution is -2.21. The Balaban J connectivity index is 1.83. The molecular weight excluding hydrogens is 320 g/mol. The molecule has 0 unspecified atom stereocenters. The van der Waals surface area contributed by atoms with Gasteiger partial charge in [-0.3, -0.25) is 9.59 Å². The van der Waals surface area contributed by atoms with Crippen molar-refractivity contribution in [2.45, 2.75) is 26.4 Å². The normalized spacial score (nSPS) is 10.2. The number of carbonyl (C=O) groups is 2. The van der Waals surface area contributed by atoms with Crippen LogP contribution in [0.3, 0.4) is 0 Å². The highest BCUT2D eigenvalue weighted by molar-refractivity contribution is 6.08. The number of methoxy groups -OCH3 is 1. The lowest BCUT2D eigenvalue weighted by Gasteiger charge is -2.11. The molecule has 2 rings (SSSR count). The largest absolute Gasteiger partial charge is 0.497 e. The lowest BCUT2D eigenvalue weighted by atomic mass is 10.2. The van der Waals surface area contributed by atoms with Crippen LogP contribution in [0.4, 0.5) is 11.4 Å². The number of benzene rings is 2. The SMILES string of the molecule is COc1ccc(NC(=O)CC(=O)Nc2ccc(OC(C)C)cc2)cc1. The Hall–Kier alpha value is -3.02. The van der Waals surface area contributed by atoms with E-state index in [4.69, 9.17) is 9.47 Å². The summed E-state index contributed by atoms with van der Waals surface area (Å²) in [5.41, 5.74) is 1.21. The second-order valence-electron chi connectivity index (χ2n) is 5.69. The average Bonchev–Trinajstić information content (AvgIpc) is 2.56. The number of rotatable bonds is 7. The first-order valence-corrected chi connectivity index (χ1v) is 7.96. The Morgan fingerprint density at radius 1 is 0.840 bits per heavy atom. The van der Waals surface area contributed by atoms with E-state index >= 15 is 0 Å². The molecule has 6 nitrogen and oxygen atoms in total. The van der Waals surface area contributed by atoms with E-state index in [9.17, 15) is 9.59 Å². The number of ether oxygens (including phenoxy) is 2. The van der Waals surface area contributed by atoms with Crippen LogP contribution in [-0.4, -0.2) is 25.0 Å². The number of amides is 2. The Morgan fingerprint density at radius 3 is 1.68 bits per heavy atom. The first-order valence-electron chi connectivity index (χ1n) is 7.96. The maximum atomic E-state index is 12.0. The molecule has 0 fully saturated rings. The van der Waals surface area contributed by atoms with Gasteiger partial charge in [-0.1, -0.05) is 0 Å². The fourth-order valence-electron chi connectivity index (χ4n) is 2.12. The Kier molecular flexibility index (Phi) is 6.39. The summed E-state index contributed by atoms with van der Waals surface area (Å²) in [5, 5.41) is 5.35. The molecule has 0 aliphatic rings. The van der Waals surface area contributed by atoms with Crippen LogP contribution in [0.1, 0.15) is 20.3 Å². The second-order valence-corrected chi connectivity index (χ2v) is 5.69. The molecule has 2 N–H and O–H groups in total. The fourth-order valence-corrected chi connectivity index (χ4v) is 2.12. The molecule has 0 heterocycles. The van der Waals surface area contributed by atoms with Gasteiger partial charge in [0, 0.05) is 11.4 Å². The summed E-state index contributed by atoms with van der Waals surface area (Å²) >= 11 is 0. The van der Waals surface area contributed by atoms with Gasteiger partial charge in [0.1, 0.15) is 17.9 Å². The van der Waals surface area contributed by atoms with Crippen LogP contribution >= 0.6 is 0 Å². The van der Waals surface area contributed by atoms with E-state index in [2.05, 4.69) is 10.6 Å². The summed E-state index contributed by atoms with van der Waals surface area (Å²) < 4.78 is 10.6. The summed E-state index contributed by atoms with van der Waals surface area (Å²) in [5.74, 6) is 0.650. The highest BCUT2D eigenvalue weighted by Gasteiger charge is 2.10. The third-order valence-corrected chi connectivity index (χ3v) is 3.20. The van der Waals surface area contributed by atoms with E-state index in [-0.39, 0.29) is 24.3 Å². The fraction of sp³-hybridized carbons (Fsp3) is 0.263. The summed E-state index contributed by atoms with van der Waals surface area (Å²) in [7, 11) is 1.57. The van der Waals surface area contributed by atoms with Crippen molar-refractivity contribution in [2.75, 3.05) is 17.7 Å². The van der Waals surface area contributed by atoms with E-state index in [1.54, 1.807) is 55.6 Å². The van der Waals surface area contributed by atoms with Crippen molar-refractivity contribution in [1.29, 1.82) is 0 Å². The molecule has 0 atom stereocenters. The van der Waals surface area contributed by atoms with Crippen molar-refractivity contribution in [1.82, 2.24) is 0 Å². The molecule has 0 saturated heterocycles. The quantitative estimate of drug-likeness (QED) is 0.756. The number of hydrogen-bond acceptors (Lipinski definition) is 4. The van der Waals surface area contributed by atoms with Crippen LogP contribution < -0.4 is 20.1 Å². The van der Waals surface area contributed by atoms with Crippen molar-refractivity contribution in [2.24, 2.45) is 0 Å². The molecule has 0 bridgehead atoms. The number of nitrogens with one attached hydrogen (secondary N) is 2. The van der Waals surface area contributed by atoms with Gasteiger partial charge >= 0.3 is 0 Å². The number of anilines is 2. The zero-order valence-corrected chi connectivity index (χ0v) is 14.5. The third kappa shape index (κ3) is 6.18. The van der Waals surface area contributed by atoms with Gasteiger partial charge in [-0.2, -0.15) is 0 Å². The molecule has 25 heavy (non-hydrogen) atoms. The minimum atomic E-state index is -0.387. The highest BCUT2D eigenvalue weighted by atomic mass is 16.5. The first kappa shape index (κ1) is 18.3. The van der Waals surface area contributed by atoms with E-state index < -0.39 is 0 Å². The predicted molar refractivity (Wildman–Crippen MR) is 97.1 cm³/mol. The van der Waals surface area contributed by atoms with Gasteiger partial charge in [0.25, 0.3) is 0 Å². The summed E-state index contributed by atoms with van der Waals surface area (Å²) in [6, 6.07) is 13.9. The highest BCUT2D eigenvalue weighted by Crippen LogP contribution is 2.17. The standard InChI is InChI=1S/C19H22N2O4/c1-13(2)25-17-10-6-15(7-11-17)21-19(23)12-18(22)20-14-4-8-16(24-3)9-5-14/h4-11,13H,12H2,1-3H3,(H,20,22)(H,21,23). The molecule has 0 aromatic heterocycles. The van der Waals surface area contributed by atoms with E-state index in [1.165, 1.54) is 0 Å². The Labute approximate surface area is 147 Å². The van der Waals surface area contributed by atoms with Crippen molar-refractivity contribution in [3.8, 4) is 11.5 Å². The zero-order chi connectivity index (χ0) is 18.2. The summed E-state index contributed by atoms with van der Waals surface area (Å²) in [6.07, 6.45) is -0.182.